The number of nitrogen functional groups attached to an aromatic ring is 1. The number of benzene rings is 1. The molecule has 1 amide bonds. The van der Waals surface area contributed by atoms with Crippen molar-refractivity contribution in [3.05, 3.63) is 29.3 Å². The molecule has 1 saturated heterocycles. The van der Waals surface area contributed by atoms with Crippen molar-refractivity contribution in [3.8, 4) is 0 Å². The Labute approximate surface area is 113 Å². The molecule has 2 atom stereocenters. The third kappa shape index (κ3) is 2.21. The molecule has 102 valence electrons. The zero-order valence-electron chi connectivity index (χ0n) is 11.3. The molecule has 4 heteroatoms. The maximum absolute atomic E-state index is 12.6. The summed E-state index contributed by atoms with van der Waals surface area (Å²) in [5.74, 6) is 0.274. The highest BCUT2D eigenvalue weighted by Gasteiger charge is 2.37. The zero-order chi connectivity index (χ0) is 13.4. The van der Waals surface area contributed by atoms with Gasteiger partial charge in [-0.25, -0.2) is 0 Å². The van der Waals surface area contributed by atoms with Gasteiger partial charge in [-0.3, -0.25) is 4.79 Å². The lowest BCUT2D eigenvalue weighted by Gasteiger charge is -2.23. The van der Waals surface area contributed by atoms with E-state index in [1.807, 2.05) is 23.1 Å². The average molecular weight is 260 g/mol. The second-order valence-corrected chi connectivity index (χ2v) is 5.44. The number of nitrogens with zero attached hydrogens (tertiary/aromatic N) is 1. The molecule has 0 aliphatic carbocycles. The van der Waals surface area contributed by atoms with Crippen molar-refractivity contribution in [2.45, 2.75) is 39.0 Å². The summed E-state index contributed by atoms with van der Waals surface area (Å²) in [5, 5.41) is 0. The number of hydrogen-bond acceptors (Lipinski definition) is 3. The zero-order valence-corrected chi connectivity index (χ0v) is 11.3. The Hall–Kier alpha value is -1.55. The first-order chi connectivity index (χ1) is 9.19. The summed E-state index contributed by atoms with van der Waals surface area (Å²) in [6.07, 6.45) is 1.86. The van der Waals surface area contributed by atoms with E-state index in [0.29, 0.717) is 19.7 Å². The molecule has 2 N–H and O–H groups in total. The van der Waals surface area contributed by atoms with Gasteiger partial charge in [-0.15, -0.1) is 0 Å². The molecule has 0 spiro atoms. The van der Waals surface area contributed by atoms with Gasteiger partial charge in [0.15, 0.2) is 0 Å². The summed E-state index contributed by atoms with van der Waals surface area (Å²) in [6, 6.07) is 5.91. The standard InChI is InChI=1S/C15H20N2O2/c1-2-14-13(5-6-19-14)15(18)17-8-10-3-4-12(16)7-11(10)9-17/h3-4,7,13-14H,2,5-6,8-9,16H2,1H3. The summed E-state index contributed by atoms with van der Waals surface area (Å²) in [4.78, 5) is 14.5. The first-order valence-electron chi connectivity index (χ1n) is 6.96. The normalized spacial score (nSPS) is 25.6. The minimum atomic E-state index is 0.0386. The molecule has 0 radical (unpaired) electrons. The topological polar surface area (TPSA) is 55.6 Å². The first-order valence-corrected chi connectivity index (χ1v) is 6.96. The average Bonchev–Trinajstić information content (AvgIpc) is 3.03. The van der Waals surface area contributed by atoms with Crippen molar-refractivity contribution < 1.29 is 9.53 Å². The minimum absolute atomic E-state index is 0.0386. The van der Waals surface area contributed by atoms with Gasteiger partial charge in [-0.1, -0.05) is 13.0 Å². The van der Waals surface area contributed by atoms with Gasteiger partial charge in [-0.05, 0) is 36.1 Å². The number of rotatable bonds is 2. The van der Waals surface area contributed by atoms with Gasteiger partial charge in [0.25, 0.3) is 0 Å². The molecule has 1 fully saturated rings. The van der Waals surface area contributed by atoms with E-state index in [9.17, 15) is 4.79 Å². The van der Waals surface area contributed by atoms with Crippen molar-refractivity contribution in [2.75, 3.05) is 12.3 Å². The second kappa shape index (κ2) is 4.85. The fourth-order valence-electron chi connectivity index (χ4n) is 3.14. The molecule has 2 unspecified atom stereocenters. The van der Waals surface area contributed by atoms with E-state index in [1.54, 1.807) is 0 Å². The molecule has 2 aliphatic heterocycles. The predicted molar refractivity (Wildman–Crippen MR) is 73.2 cm³/mol. The highest BCUT2D eigenvalue weighted by atomic mass is 16.5. The lowest BCUT2D eigenvalue weighted by atomic mass is 9.98. The molecule has 3 rings (SSSR count). The Balaban J connectivity index is 1.74. The Morgan fingerprint density at radius 2 is 2.21 bits per heavy atom. The summed E-state index contributed by atoms with van der Waals surface area (Å²) in [6.45, 7) is 4.19. The van der Waals surface area contributed by atoms with E-state index in [1.165, 1.54) is 11.1 Å². The van der Waals surface area contributed by atoms with E-state index < -0.39 is 0 Å². The van der Waals surface area contributed by atoms with Gasteiger partial charge >= 0.3 is 0 Å². The predicted octanol–water partition coefficient (Wildman–Crippen LogP) is 1.93. The largest absolute Gasteiger partial charge is 0.399 e. The van der Waals surface area contributed by atoms with Crippen LogP contribution < -0.4 is 5.73 Å². The van der Waals surface area contributed by atoms with Crippen LogP contribution in [0.4, 0.5) is 5.69 Å². The second-order valence-electron chi connectivity index (χ2n) is 5.44. The van der Waals surface area contributed by atoms with Gasteiger partial charge in [0.2, 0.25) is 5.91 Å². The molecule has 1 aromatic rings. The molecule has 2 heterocycles. The molecular formula is C15H20N2O2. The van der Waals surface area contributed by atoms with Crippen LogP contribution in [0.1, 0.15) is 30.9 Å². The van der Waals surface area contributed by atoms with E-state index >= 15 is 0 Å². The fraction of sp³-hybridized carbons (Fsp3) is 0.533. The number of anilines is 1. The van der Waals surface area contributed by atoms with Crippen LogP contribution >= 0.6 is 0 Å². The van der Waals surface area contributed by atoms with Crippen LogP contribution in [-0.4, -0.2) is 23.5 Å². The number of amides is 1. The lowest BCUT2D eigenvalue weighted by Crippen LogP contribution is -2.35. The molecule has 2 aliphatic rings. The summed E-state index contributed by atoms with van der Waals surface area (Å²) >= 11 is 0. The van der Waals surface area contributed by atoms with Crippen LogP contribution in [0.15, 0.2) is 18.2 Å². The monoisotopic (exact) mass is 260 g/mol. The Morgan fingerprint density at radius 3 is 3.00 bits per heavy atom. The van der Waals surface area contributed by atoms with Crippen LogP contribution in [-0.2, 0) is 22.6 Å². The number of carbonyl (C=O) groups is 1. The molecule has 4 nitrogen and oxygen atoms in total. The highest BCUT2D eigenvalue weighted by molar-refractivity contribution is 5.80. The minimum Gasteiger partial charge on any atom is -0.399 e. The lowest BCUT2D eigenvalue weighted by molar-refractivity contribution is -0.138. The molecule has 1 aromatic carbocycles. The number of fused-ring (bicyclic) bond motifs is 1. The first kappa shape index (κ1) is 12.5. The SMILES string of the molecule is CCC1OCCC1C(=O)N1Cc2ccc(N)cc2C1. The van der Waals surface area contributed by atoms with Gasteiger partial charge < -0.3 is 15.4 Å². The van der Waals surface area contributed by atoms with Gasteiger partial charge in [-0.2, -0.15) is 0 Å². The van der Waals surface area contributed by atoms with Crippen molar-refractivity contribution >= 4 is 11.6 Å². The summed E-state index contributed by atoms with van der Waals surface area (Å²) in [7, 11) is 0. The molecular weight excluding hydrogens is 240 g/mol. The Morgan fingerprint density at radius 1 is 1.42 bits per heavy atom. The van der Waals surface area contributed by atoms with Crippen molar-refractivity contribution in [1.29, 1.82) is 0 Å². The number of hydrogen-bond donors (Lipinski definition) is 1. The van der Waals surface area contributed by atoms with Gasteiger partial charge in [0.05, 0.1) is 12.0 Å². The van der Waals surface area contributed by atoms with Gasteiger partial charge in [0, 0.05) is 25.4 Å². The molecule has 0 aromatic heterocycles. The van der Waals surface area contributed by atoms with Crippen LogP contribution in [0.25, 0.3) is 0 Å². The Kier molecular flexibility index (Phi) is 3.19. The maximum atomic E-state index is 12.6. The maximum Gasteiger partial charge on any atom is 0.228 e. The number of ether oxygens (including phenoxy) is 1. The van der Waals surface area contributed by atoms with E-state index in [-0.39, 0.29) is 17.9 Å². The fourth-order valence-corrected chi connectivity index (χ4v) is 3.14. The smallest absolute Gasteiger partial charge is 0.228 e. The van der Waals surface area contributed by atoms with E-state index in [2.05, 4.69) is 6.92 Å². The third-order valence-electron chi connectivity index (χ3n) is 4.19. The number of nitrogens with two attached hydrogens (primary N) is 1. The van der Waals surface area contributed by atoms with Crippen molar-refractivity contribution in [1.82, 2.24) is 4.90 Å². The third-order valence-corrected chi connectivity index (χ3v) is 4.19. The molecule has 19 heavy (non-hydrogen) atoms. The van der Waals surface area contributed by atoms with Crippen LogP contribution in [0.2, 0.25) is 0 Å². The van der Waals surface area contributed by atoms with E-state index in [0.717, 1.165) is 18.5 Å². The van der Waals surface area contributed by atoms with Crippen LogP contribution in [0.3, 0.4) is 0 Å². The Bertz CT molecular complexity index is 501. The van der Waals surface area contributed by atoms with Crippen molar-refractivity contribution in [3.63, 3.8) is 0 Å². The summed E-state index contributed by atoms with van der Waals surface area (Å²) < 4.78 is 5.62. The van der Waals surface area contributed by atoms with Crippen LogP contribution in [0, 0.1) is 5.92 Å². The quantitative estimate of drug-likeness (QED) is 0.827. The van der Waals surface area contributed by atoms with Gasteiger partial charge in [0.1, 0.15) is 0 Å². The van der Waals surface area contributed by atoms with Crippen LogP contribution in [0.5, 0.6) is 0 Å². The molecule has 0 saturated carbocycles. The summed E-state index contributed by atoms with van der Waals surface area (Å²) in [5.41, 5.74) is 8.96. The number of carbonyl (C=O) groups excluding carboxylic acids is 1. The van der Waals surface area contributed by atoms with Crippen molar-refractivity contribution in [2.24, 2.45) is 5.92 Å². The van der Waals surface area contributed by atoms with E-state index in [4.69, 9.17) is 10.5 Å². The highest BCUT2D eigenvalue weighted by Crippen LogP contribution is 2.30. The molecule has 0 bridgehead atoms.